The molecular weight excluding hydrogens is 196 g/mol. The van der Waals surface area contributed by atoms with Crippen molar-refractivity contribution in [2.75, 3.05) is 7.05 Å². The van der Waals surface area contributed by atoms with Gasteiger partial charge in [-0.25, -0.2) is 0 Å². The number of rotatable bonds is 3. The number of para-hydroxylation sites is 1. The van der Waals surface area contributed by atoms with Crippen molar-refractivity contribution in [1.82, 2.24) is 9.88 Å². The average Bonchev–Trinajstić information content (AvgIpc) is 2.67. The Bertz CT molecular complexity index is 482. The molecular formula is C14H20N2. The fourth-order valence-corrected chi connectivity index (χ4v) is 2.25. The molecule has 1 aromatic carbocycles. The number of hydrogen-bond donors (Lipinski definition) is 1. The third-order valence-electron chi connectivity index (χ3n) is 3.17. The molecule has 0 spiro atoms. The molecule has 0 saturated heterocycles. The van der Waals surface area contributed by atoms with Gasteiger partial charge in [0.2, 0.25) is 0 Å². The molecule has 2 rings (SSSR count). The Balaban J connectivity index is 2.68. The molecule has 1 N–H and O–H groups in total. The van der Waals surface area contributed by atoms with Crippen LogP contribution in [0.2, 0.25) is 0 Å². The SMILES string of the molecule is CNC(C)c1cc2ccccc2n1C(C)C. The van der Waals surface area contributed by atoms with E-state index in [0.29, 0.717) is 12.1 Å². The number of nitrogens with one attached hydrogen (secondary N) is 1. The maximum absolute atomic E-state index is 3.32. The minimum atomic E-state index is 0.384. The zero-order valence-corrected chi connectivity index (χ0v) is 10.5. The van der Waals surface area contributed by atoms with Gasteiger partial charge in [-0.1, -0.05) is 18.2 Å². The number of hydrogen-bond acceptors (Lipinski definition) is 1. The summed E-state index contributed by atoms with van der Waals surface area (Å²) < 4.78 is 2.41. The Kier molecular flexibility index (Phi) is 3.01. The number of benzene rings is 1. The monoisotopic (exact) mass is 216 g/mol. The van der Waals surface area contributed by atoms with Crippen LogP contribution in [-0.4, -0.2) is 11.6 Å². The molecule has 86 valence electrons. The minimum Gasteiger partial charge on any atom is -0.341 e. The first kappa shape index (κ1) is 11.2. The molecule has 2 nitrogen and oxygen atoms in total. The van der Waals surface area contributed by atoms with Crippen molar-refractivity contribution < 1.29 is 0 Å². The third-order valence-corrected chi connectivity index (χ3v) is 3.17. The Morgan fingerprint density at radius 2 is 1.81 bits per heavy atom. The minimum absolute atomic E-state index is 0.384. The maximum atomic E-state index is 3.32. The molecule has 16 heavy (non-hydrogen) atoms. The lowest BCUT2D eigenvalue weighted by molar-refractivity contribution is 0.535. The van der Waals surface area contributed by atoms with Gasteiger partial charge in [0.25, 0.3) is 0 Å². The summed E-state index contributed by atoms with van der Waals surface area (Å²) in [4.78, 5) is 0. The topological polar surface area (TPSA) is 17.0 Å². The summed E-state index contributed by atoms with van der Waals surface area (Å²) in [5, 5.41) is 4.64. The van der Waals surface area contributed by atoms with E-state index in [1.54, 1.807) is 0 Å². The van der Waals surface area contributed by atoms with Crippen molar-refractivity contribution in [2.45, 2.75) is 32.9 Å². The Morgan fingerprint density at radius 3 is 2.44 bits per heavy atom. The standard InChI is InChI=1S/C14H20N2/c1-10(2)16-13-8-6-5-7-12(13)9-14(16)11(3)15-4/h5-11,15H,1-4H3. The molecule has 0 amide bonds. The molecule has 2 heteroatoms. The van der Waals surface area contributed by atoms with E-state index in [9.17, 15) is 0 Å². The van der Waals surface area contributed by atoms with Gasteiger partial charge < -0.3 is 9.88 Å². The highest BCUT2D eigenvalue weighted by molar-refractivity contribution is 5.81. The lowest BCUT2D eigenvalue weighted by Gasteiger charge is -2.18. The highest BCUT2D eigenvalue weighted by Gasteiger charge is 2.14. The molecule has 1 unspecified atom stereocenters. The molecule has 0 aliphatic heterocycles. The van der Waals surface area contributed by atoms with Crippen LogP contribution in [0, 0.1) is 0 Å². The summed E-state index contributed by atoms with van der Waals surface area (Å²) >= 11 is 0. The Hall–Kier alpha value is -1.28. The van der Waals surface area contributed by atoms with Crippen LogP contribution in [-0.2, 0) is 0 Å². The number of fused-ring (bicyclic) bond motifs is 1. The van der Waals surface area contributed by atoms with E-state index in [1.807, 2.05) is 7.05 Å². The molecule has 1 aromatic heterocycles. The summed E-state index contributed by atoms with van der Waals surface area (Å²) in [5.74, 6) is 0. The first-order valence-electron chi connectivity index (χ1n) is 5.92. The van der Waals surface area contributed by atoms with Gasteiger partial charge >= 0.3 is 0 Å². The van der Waals surface area contributed by atoms with Gasteiger partial charge in [-0.05, 0) is 45.3 Å². The zero-order valence-electron chi connectivity index (χ0n) is 10.5. The average molecular weight is 216 g/mol. The highest BCUT2D eigenvalue weighted by atomic mass is 15.0. The normalized spacial score (nSPS) is 13.6. The molecule has 0 radical (unpaired) electrons. The second kappa shape index (κ2) is 4.30. The lowest BCUT2D eigenvalue weighted by atomic mass is 10.2. The highest BCUT2D eigenvalue weighted by Crippen LogP contribution is 2.27. The van der Waals surface area contributed by atoms with Gasteiger partial charge in [0.1, 0.15) is 0 Å². The van der Waals surface area contributed by atoms with Gasteiger partial charge in [0.15, 0.2) is 0 Å². The molecule has 1 atom stereocenters. The first-order valence-corrected chi connectivity index (χ1v) is 5.92. The fraction of sp³-hybridized carbons (Fsp3) is 0.429. The van der Waals surface area contributed by atoms with Gasteiger partial charge in [-0.3, -0.25) is 0 Å². The van der Waals surface area contributed by atoms with Crippen LogP contribution < -0.4 is 5.32 Å². The van der Waals surface area contributed by atoms with Gasteiger partial charge in [-0.15, -0.1) is 0 Å². The molecule has 0 fully saturated rings. The Morgan fingerprint density at radius 1 is 1.12 bits per heavy atom. The smallest absolute Gasteiger partial charge is 0.0485 e. The van der Waals surface area contributed by atoms with Crippen molar-refractivity contribution in [3.63, 3.8) is 0 Å². The van der Waals surface area contributed by atoms with Crippen LogP contribution in [0.1, 0.15) is 38.5 Å². The van der Waals surface area contributed by atoms with E-state index in [0.717, 1.165) is 0 Å². The van der Waals surface area contributed by atoms with E-state index in [-0.39, 0.29) is 0 Å². The van der Waals surface area contributed by atoms with E-state index < -0.39 is 0 Å². The predicted octanol–water partition coefficient (Wildman–Crippen LogP) is 3.50. The second-order valence-electron chi connectivity index (χ2n) is 4.60. The quantitative estimate of drug-likeness (QED) is 0.831. The maximum Gasteiger partial charge on any atom is 0.0485 e. The van der Waals surface area contributed by atoms with Crippen LogP contribution in [0.25, 0.3) is 10.9 Å². The summed E-state index contributed by atoms with van der Waals surface area (Å²) in [6, 6.07) is 11.7. The van der Waals surface area contributed by atoms with Crippen LogP contribution in [0.4, 0.5) is 0 Å². The Labute approximate surface area is 97.3 Å². The van der Waals surface area contributed by atoms with E-state index in [1.165, 1.54) is 16.6 Å². The van der Waals surface area contributed by atoms with Gasteiger partial charge in [-0.2, -0.15) is 0 Å². The van der Waals surface area contributed by atoms with Crippen molar-refractivity contribution in [1.29, 1.82) is 0 Å². The number of aromatic nitrogens is 1. The zero-order chi connectivity index (χ0) is 11.7. The van der Waals surface area contributed by atoms with E-state index >= 15 is 0 Å². The van der Waals surface area contributed by atoms with Crippen molar-refractivity contribution in [3.8, 4) is 0 Å². The van der Waals surface area contributed by atoms with Gasteiger partial charge in [0.05, 0.1) is 0 Å². The van der Waals surface area contributed by atoms with Crippen LogP contribution in [0.5, 0.6) is 0 Å². The van der Waals surface area contributed by atoms with E-state index in [2.05, 4.69) is 61.0 Å². The molecule has 0 saturated carbocycles. The summed E-state index contributed by atoms with van der Waals surface area (Å²) in [6.45, 7) is 6.67. The van der Waals surface area contributed by atoms with Gasteiger partial charge in [0, 0.05) is 23.3 Å². The summed E-state index contributed by atoms with van der Waals surface area (Å²) in [5.41, 5.74) is 2.69. The molecule has 0 aliphatic carbocycles. The van der Waals surface area contributed by atoms with Crippen LogP contribution in [0.3, 0.4) is 0 Å². The van der Waals surface area contributed by atoms with Crippen LogP contribution in [0.15, 0.2) is 30.3 Å². The predicted molar refractivity (Wildman–Crippen MR) is 69.8 cm³/mol. The summed E-state index contributed by atoms with van der Waals surface area (Å²) in [7, 11) is 2.01. The van der Waals surface area contributed by atoms with Crippen molar-refractivity contribution >= 4 is 10.9 Å². The third kappa shape index (κ3) is 1.74. The van der Waals surface area contributed by atoms with Crippen molar-refractivity contribution in [2.24, 2.45) is 0 Å². The number of nitrogens with zero attached hydrogens (tertiary/aromatic N) is 1. The van der Waals surface area contributed by atoms with Crippen molar-refractivity contribution in [3.05, 3.63) is 36.0 Å². The van der Waals surface area contributed by atoms with E-state index in [4.69, 9.17) is 0 Å². The molecule has 0 bridgehead atoms. The molecule has 2 aromatic rings. The summed E-state index contributed by atoms with van der Waals surface area (Å²) in [6.07, 6.45) is 0. The molecule has 0 aliphatic rings. The largest absolute Gasteiger partial charge is 0.341 e. The van der Waals surface area contributed by atoms with Crippen LogP contribution >= 0.6 is 0 Å². The lowest BCUT2D eigenvalue weighted by Crippen LogP contribution is -2.17. The molecule has 1 heterocycles. The first-order chi connectivity index (χ1) is 7.65. The second-order valence-corrected chi connectivity index (χ2v) is 4.60. The fourth-order valence-electron chi connectivity index (χ4n) is 2.25.